The monoisotopic (exact) mass is 340 g/mol. The van der Waals surface area contributed by atoms with Crippen molar-refractivity contribution in [2.75, 3.05) is 19.6 Å². The lowest BCUT2D eigenvalue weighted by molar-refractivity contribution is 0.184. The molecular formula is C16H22BrFN2. The minimum absolute atomic E-state index is 0.126. The van der Waals surface area contributed by atoms with Gasteiger partial charge in [0, 0.05) is 30.1 Å². The smallest absolute Gasteiger partial charge is 0.123 e. The standard InChI is InChI=1S/C16H22BrFN2/c17-15-6-5-13(18)7-14(15)16(8-19)20(9-11-1-2-11)10-12-3-4-12/h5-7,11-12,16H,1-4,8-10,19H2. The highest BCUT2D eigenvalue weighted by Crippen LogP contribution is 2.38. The molecule has 2 aliphatic rings. The van der Waals surface area contributed by atoms with Crippen LogP contribution in [0, 0.1) is 17.7 Å². The average Bonchev–Trinajstić information content (AvgIpc) is 3.30. The van der Waals surface area contributed by atoms with Gasteiger partial charge in [0.15, 0.2) is 0 Å². The van der Waals surface area contributed by atoms with Crippen molar-refractivity contribution in [3.05, 3.63) is 34.1 Å². The van der Waals surface area contributed by atoms with E-state index in [-0.39, 0.29) is 11.9 Å². The van der Waals surface area contributed by atoms with Crippen molar-refractivity contribution in [3.63, 3.8) is 0 Å². The molecule has 1 aromatic carbocycles. The first-order valence-electron chi connectivity index (χ1n) is 7.56. The molecule has 0 spiro atoms. The highest BCUT2D eigenvalue weighted by molar-refractivity contribution is 9.10. The van der Waals surface area contributed by atoms with Crippen molar-refractivity contribution in [1.82, 2.24) is 4.90 Å². The van der Waals surface area contributed by atoms with Gasteiger partial charge in [-0.05, 0) is 61.3 Å². The summed E-state index contributed by atoms with van der Waals surface area (Å²) in [5.74, 6) is 1.48. The molecule has 2 aliphatic carbocycles. The minimum atomic E-state index is -0.181. The van der Waals surface area contributed by atoms with Gasteiger partial charge in [0.25, 0.3) is 0 Å². The zero-order chi connectivity index (χ0) is 14.1. The predicted octanol–water partition coefficient (Wildman–Crippen LogP) is 3.71. The Morgan fingerprint density at radius 1 is 1.20 bits per heavy atom. The predicted molar refractivity (Wildman–Crippen MR) is 82.9 cm³/mol. The Labute approximate surface area is 128 Å². The number of halogens is 2. The molecule has 3 rings (SSSR count). The third-order valence-corrected chi connectivity index (χ3v) is 5.08. The molecule has 0 aromatic heterocycles. The number of hydrogen-bond donors (Lipinski definition) is 1. The van der Waals surface area contributed by atoms with Crippen molar-refractivity contribution in [1.29, 1.82) is 0 Å². The van der Waals surface area contributed by atoms with E-state index in [4.69, 9.17) is 5.73 Å². The molecule has 2 fully saturated rings. The Morgan fingerprint density at radius 2 is 1.80 bits per heavy atom. The number of benzene rings is 1. The molecule has 1 aromatic rings. The van der Waals surface area contributed by atoms with Crippen LogP contribution in [0.4, 0.5) is 4.39 Å². The third kappa shape index (κ3) is 3.60. The maximum absolute atomic E-state index is 13.6. The molecule has 0 saturated heterocycles. The summed E-state index contributed by atoms with van der Waals surface area (Å²) in [7, 11) is 0. The second-order valence-corrected chi connectivity index (χ2v) is 7.11. The normalized spacial score (nSPS) is 20.4. The second-order valence-electron chi connectivity index (χ2n) is 6.26. The molecule has 4 heteroatoms. The molecule has 1 unspecified atom stereocenters. The van der Waals surface area contributed by atoms with Gasteiger partial charge in [0.2, 0.25) is 0 Å². The van der Waals surface area contributed by atoms with Crippen LogP contribution in [0.25, 0.3) is 0 Å². The van der Waals surface area contributed by atoms with E-state index < -0.39 is 0 Å². The van der Waals surface area contributed by atoms with E-state index in [0.29, 0.717) is 6.54 Å². The summed E-state index contributed by atoms with van der Waals surface area (Å²) in [6.45, 7) is 2.77. The maximum atomic E-state index is 13.6. The van der Waals surface area contributed by atoms with E-state index in [0.717, 1.165) is 35.0 Å². The summed E-state index contributed by atoms with van der Waals surface area (Å²) < 4.78 is 14.5. The molecule has 0 aliphatic heterocycles. The Balaban J connectivity index is 1.81. The zero-order valence-electron chi connectivity index (χ0n) is 11.7. The van der Waals surface area contributed by atoms with Crippen LogP contribution in [0.1, 0.15) is 37.3 Å². The van der Waals surface area contributed by atoms with Crippen LogP contribution in [-0.2, 0) is 0 Å². The number of nitrogens with two attached hydrogens (primary N) is 1. The van der Waals surface area contributed by atoms with Crippen molar-refractivity contribution in [2.45, 2.75) is 31.7 Å². The lowest BCUT2D eigenvalue weighted by Crippen LogP contribution is -2.37. The van der Waals surface area contributed by atoms with Crippen LogP contribution >= 0.6 is 15.9 Å². The average molecular weight is 341 g/mol. The van der Waals surface area contributed by atoms with Crippen LogP contribution in [0.15, 0.2) is 22.7 Å². The van der Waals surface area contributed by atoms with Gasteiger partial charge in [-0.1, -0.05) is 15.9 Å². The third-order valence-electron chi connectivity index (χ3n) is 4.36. The fourth-order valence-corrected chi connectivity index (χ4v) is 3.35. The van der Waals surface area contributed by atoms with E-state index in [9.17, 15) is 4.39 Å². The molecule has 20 heavy (non-hydrogen) atoms. The second kappa shape index (κ2) is 6.12. The molecule has 2 saturated carbocycles. The highest BCUT2D eigenvalue weighted by atomic mass is 79.9. The van der Waals surface area contributed by atoms with Gasteiger partial charge in [-0.2, -0.15) is 0 Å². The summed E-state index contributed by atoms with van der Waals surface area (Å²) in [5, 5.41) is 0. The molecule has 0 radical (unpaired) electrons. The van der Waals surface area contributed by atoms with Crippen molar-refractivity contribution < 1.29 is 4.39 Å². The van der Waals surface area contributed by atoms with Gasteiger partial charge in [0.1, 0.15) is 5.82 Å². The van der Waals surface area contributed by atoms with E-state index in [2.05, 4.69) is 20.8 Å². The topological polar surface area (TPSA) is 29.3 Å². The molecular weight excluding hydrogens is 319 g/mol. The van der Waals surface area contributed by atoms with Gasteiger partial charge >= 0.3 is 0 Å². The quantitative estimate of drug-likeness (QED) is 0.819. The zero-order valence-corrected chi connectivity index (χ0v) is 13.3. The fourth-order valence-electron chi connectivity index (χ4n) is 2.84. The lowest BCUT2D eigenvalue weighted by Gasteiger charge is -2.32. The van der Waals surface area contributed by atoms with Crippen LogP contribution in [0.3, 0.4) is 0 Å². The van der Waals surface area contributed by atoms with Gasteiger partial charge in [-0.3, -0.25) is 4.90 Å². The van der Waals surface area contributed by atoms with Gasteiger partial charge in [-0.25, -0.2) is 4.39 Å². The van der Waals surface area contributed by atoms with Gasteiger partial charge in [0.05, 0.1) is 0 Å². The van der Waals surface area contributed by atoms with Crippen LogP contribution < -0.4 is 5.73 Å². The Hall–Kier alpha value is -0.450. The van der Waals surface area contributed by atoms with E-state index in [1.54, 1.807) is 12.1 Å². The van der Waals surface area contributed by atoms with Crippen molar-refractivity contribution in [3.8, 4) is 0 Å². The Kier molecular flexibility index (Phi) is 4.43. The SMILES string of the molecule is NCC(c1cc(F)ccc1Br)N(CC1CC1)CC1CC1. The largest absolute Gasteiger partial charge is 0.329 e. The van der Waals surface area contributed by atoms with Crippen molar-refractivity contribution in [2.24, 2.45) is 17.6 Å². The number of hydrogen-bond acceptors (Lipinski definition) is 2. The molecule has 2 N–H and O–H groups in total. The summed E-state index contributed by atoms with van der Waals surface area (Å²) in [6, 6.07) is 5.04. The fraction of sp³-hybridized carbons (Fsp3) is 0.625. The maximum Gasteiger partial charge on any atom is 0.123 e. The first-order chi connectivity index (χ1) is 9.67. The first-order valence-corrected chi connectivity index (χ1v) is 8.35. The van der Waals surface area contributed by atoms with Crippen LogP contribution in [0.5, 0.6) is 0 Å². The molecule has 0 amide bonds. The van der Waals surface area contributed by atoms with E-state index in [1.807, 2.05) is 0 Å². The minimum Gasteiger partial charge on any atom is -0.329 e. The van der Waals surface area contributed by atoms with Gasteiger partial charge in [-0.15, -0.1) is 0 Å². The highest BCUT2D eigenvalue weighted by Gasteiger charge is 2.33. The first kappa shape index (κ1) is 14.5. The summed E-state index contributed by atoms with van der Waals surface area (Å²) >= 11 is 3.55. The lowest BCUT2D eigenvalue weighted by atomic mass is 10.0. The molecule has 2 nitrogen and oxygen atoms in total. The summed E-state index contributed by atoms with van der Waals surface area (Å²) in [4.78, 5) is 2.49. The van der Waals surface area contributed by atoms with Gasteiger partial charge < -0.3 is 5.73 Å². The van der Waals surface area contributed by atoms with E-state index >= 15 is 0 Å². The molecule has 110 valence electrons. The Morgan fingerprint density at radius 3 is 2.30 bits per heavy atom. The molecule has 0 bridgehead atoms. The Bertz CT molecular complexity index is 458. The van der Waals surface area contributed by atoms with E-state index in [1.165, 1.54) is 31.7 Å². The number of nitrogens with zero attached hydrogens (tertiary/aromatic N) is 1. The summed E-state index contributed by atoms with van der Waals surface area (Å²) in [6.07, 6.45) is 5.34. The summed E-state index contributed by atoms with van der Waals surface area (Å²) in [5.41, 5.74) is 7.03. The molecule has 0 heterocycles. The van der Waals surface area contributed by atoms with Crippen molar-refractivity contribution >= 4 is 15.9 Å². The van der Waals surface area contributed by atoms with Crippen LogP contribution in [-0.4, -0.2) is 24.5 Å². The van der Waals surface area contributed by atoms with Crippen LogP contribution in [0.2, 0.25) is 0 Å². The molecule has 1 atom stereocenters. The number of rotatable bonds is 7.